The van der Waals surface area contributed by atoms with Crippen LogP contribution in [0.4, 0.5) is 0 Å². The maximum absolute atomic E-state index is 12.8. The molecule has 1 aromatic heterocycles. The van der Waals surface area contributed by atoms with Gasteiger partial charge in [-0.05, 0) is 50.2 Å². The number of hydrogen-bond acceptors (Lipinski definition) is 3. The van der Waals surface area contributed by atoms with E-state index in [-0.39, 0.29) is 11.9 Å². The van der Waals surface area contributed by atoms with Gasteiger partial charge in [-0.15, -0.1) is 0 Å². The number of rotatable bonds is 3. The van der Waals surface area contributed by atoms with E-state index in [9.17, 15) is 9.59 Å². The van der Waals surface area contributed by atoms with Crippen LogP contribution in [0.1, 0.15) is 33.6 Å². The highest BCUT2D eigenvalue weighted by Gasteiger charge is 2.19. The topological polar surface area (TPSA) is 100 Å². The lowest BCUT2D eigenvalue weighted by atomic mass is 10.0. The van der Waals surface area contributed by atoms with Gasteiger partial charge >= 0.3 is 0 Å². The van der Waals surface area contributed by atoms with Crippen molar-refractivity contribution >= 4 is 33.6 Å². The summed E-state index contributed by atoms with van der Waals surface area (Å²) >= 11 is 0. The normalized spacial score (nSPS) is 15.5. The molecule has 0 saturated carbocycles. The highest BCUT2D eigenvalue weighted by Crippen LogP contribution is 2.28. The molecule has 4 rings (SSSR count). The van der Waals surface area contributed by atoms with Crippen molar-refractivity contribution in [2.75, 3.05) is 13.1 Å². The van der Waals surface area contributed by atoms with Gasteiger partial charge in [-0.3, -0.25) is 9.59 Å². The van der Waals surface area contributed by atoms with E-state index < -0.39 is 5.91 Å². The number of fused-ring (bicyclic) bond motifs is 3. The average Bonchev–Trinajstić information content (AvgIpc) is 3.00. The van der Waals surface area contributed by atoms with E-state index in [1.165, 1.54) is 0 Å². The van der Waals surface area contributed by atoms with Gasteiger partial charge in [0, 0.05) is 27.9 Å². The summed E-state index contributed by atoms with van der Waals surface area (Å²) in [5, 5.41) is 8.23. The minimum Gasteiger partial charge on any atom is -0.366 e. The summed E-state index contributed by atoms with van der Waals surface area (Å²) in [7, 11) is 0. The highest BCUT2D eigenvalue weighted by molar-refractivity contribution is 6.16. The summed E-state index contributed by atoms with van der Waals surface area (Å²) in [6.07, 6.45) is 1.88. The molecule has 2 amide bonds. The van der Waals surface area contributed by atoms with Gasteiger partial charge in [0.05, 0.1) is 11.1 Å². The Bertz CT molecular complexity index is 970. The van der Waals surface area contributed by atoms with Gasteiger partial charge in [-0.2, -0.15) is 0 Å². The number of piperidine rings is 1. The van der Waals surface area contributed by atoms with Crippen molar-refractivity contribution in [3.8, 4) is 0 Å². The van der Waals surface area contributed by atoms with Crippen LogP contribution in [0.2, 0.25) is 0 Å². The zero-order chi connectivity index (χ0) is 17.4. The van der Waals surface area contributed by atoms with E-state index in [4.69, 9.17) is 5.73 Å². The van der Waals surface area contributed by atoms with Crippen LogP contribution in [0.3, 0.4) is 0 Å². The molecule has 0 spiro atoms. The van der Waals surface area contributed by atoms with Crippen LogP contribution < -0.4 is 16.4 Å². The van der Waals surface area contributed by atoms with Crippen molar-refractivity contribution in [1.82, 2.24) is 15.6 Å². The number of aromatic nitrogens is 1. The minimum absolute atomic E-state index is 0.0702. The number of hydrogen-bond donors (Lipinski definition) is 4. The van der Waals surface area contributed by atoms with Gasteiger partial charge in [-0.1, -0.05) is 12.1 Å². The smallest absolute Gasteiger partial charge is 0.253 e. The lowest BCUT2D eigenvalue weighted by molar-refractivity contribution is 0.0930. The van der Waals surface area contributed by atoms with E-state index in [0.29, 0.717) is 11.1 Å². The molecule has 1 aliphatic heterocycles. The Labute approximate surface area is 144 Å². The Hall–Kier alpha value is -2.86. The first-order valence-electron chi connectivity index (χ1n) is 8.49. The molecule has 2 heterocycles. The SMILES string of the molecule is NC(=O)c1ccc2[nH]c3c(C(=O)NC4CCNCC4)cccc3c2c1. The number of carbonyl (C=O) groups excluding carboxylic acids is 2. The molecule has 5 N–H and O–H groups in total. The number of carbonyl (C=O) groups is 2. The first-order chi connectivity index (χ1) is 12.1. The van der Waals surface area contributed by atoms with Crippen LogP contribution in [0, 0.1) is 0 Å². The van der Waals surface area contributed by atoms with Crippen LogP contribution in [0.25, 0.3) is 21.8 Å². The van der Waals surface area contributed by atoms with Crippen molar-refractivity contribution in [1.29, 1.82) is 0 Å². The quantitative estimate of drug-likeness (QED) is 0.588. The fourth-order valence-corrected chi connectivity index (χ4v) is 3.49. The minimum atomic E-state index is -0.462. The predicted molar refractivity (Wildman–Crippen MR) is 97.7 cm³/mol. The highest BCUT2D eigenvalue weighted by atomic mass is 16.2. The second-order valence-electron chi connectivity index (χ2n) is 6.48. The average molecular weight is 336 g/mol. The first-order valence-corrected chi connectivity index (χ1v) is 8.49. The lowest BCUT2D eigenvalue weighted by Crippen LogP contribution is -2.42. The summed E-state index contributed by atoms with van der Waals surface area (Å²) in [5.41, 5.74) is 8.12. The molecule has 6 heteroatoms. The van der Waals surface area contributed by atoms with E-state index in [2.05, 4.69) is 15.6 Å². The fourth-order valence-electron chi connectivity index (χ4n) is 3.49. The van der Waals surface area contributed by atoms with Crippen molar-refractivity contribution in [2.24, 2.45) is 5.73 Å². The van der Waals surface area contributed by atoms with Gasteiger partial charge < -0.3 is 21.4 Å². The second kappa shape index (κ2) is 6.22. The molecular weight excluding hydrogens is 316 g/mol. The van der Waals surface area contributed by atoms with E-state index in [1.807, 2.05) is 24.3 Å². The summed E-state index contributed by atoms with van der Waals surface area (Å²) in [4.78, 5) is 27.5. The Kier molecular flexibility index (Phi) is 3.89. The third kappa shape index (κ3) is 2.85. The third-order valence-corrected chi connectivity index (χ3v) is 4.84. The van der Waals surface area contributed by atoms with Crippen molar-refractivity contribution in [2.45, 2.75) is 18.9 Å². The molecule has 6 nitrogen and oxygen atoms in total. The van der Waals surface area contributed by atoms with E-state index in [0.717, 1.165) is 47.7 Å². The molecule has 1 aliphatic rings. The molecule has 1 fully saturated rings. The van der Waals surface area contributed by atoms with E-state index >= 15 is 0 Å². The molecule has 3 aromatic rings. The van der Waals surface area contributed by atoms with Crippen LogP contribution in [0.5, 0.6) is 0 Å². The van der Waals surface area contributed by atoms with Gasteiger partial charge in [-0.25, -0.2) is 0 Å². The Morgan fingerprint density at radius 2 is 1.88 bits per heavy atom. The first kappa shape index (κ1) is 15.7. The van der Waals surface area contributed by atoms with Gasteiger partial charge in [0.25, 0.3) is 5.91 Å². The molecule has 0 aliphatic carbocycles. The van der Waals surface area contributed by atoms with Crippen molar-refractivity contribution in [3.63, 3.8) is 0 Å². The number of para-hydroxylation sites is 1. The summed E-state index contributed by atoms with van der Waals surface area (Å²) in [5.74, 6) is -0.532. The molecule has 1 saturated heterocycles. The van der Waals surface area contributed by atoms with Crippen molar-refractivity contribution in [3.05, 3.63) is 47.5 Å². The number of aromatic amines is 1. The number of amides is 2. The van der Waals surface area contributed by atoms with Gasteiger partial charge in [0.15, 0.2) is 0 Å². The zero-order valence-corrected chi connectivity index (χ0v) is 13.8. The zero-order valence-electron chi connectivity index (χ0n) is 13.8. The van der Waals surface area contributed by atoms with Crippen LogP contribution in [-0.2, 0) is 0 Å². The van der Waals surface area contributed by atoms with Gasteiger partial charge in [0.1, 0.15) is 0 Å². The molecule has 0 unspecified atom stereocenters. The van der Waals surface area contributed by atoms with E-state index in [1.54, 1.807) is 12.1 Å². The molecule has 2 aromatic carbocycles. The Morgan fingerprint density at radius 3 is 2.64 bits per heavy atom. The molecule has 0 radical (unpaired) electrons. The molecule has 0 bridgehead atoms. The van der Waals surface area contributed by atoms with Crippen LogP contribution in [0.15, 0.2) is 36.4 Å². The Balaban J connectivity index is 1.75. The Morgan fingerprint density at radius 1 is 1.08 bits per heavy atom. The van der Waals surface area contributed by atoms with Crippen LogP contribution >= 0.6 is 0 Å². The molecule has 25 heavy (non-hydrogen) atoms. The van der Waals surface area contributed by atoms with Crippen LogP contribution in [-0.4, -0.2) is 35.9 Å². The summed E-state index contributed by atoms with van der Waals surface area (Å²) in [6, 6.07) is 11.1. The number of nitrogens with two attached hydrogens (primary N) is 1. The third-order valence-electron chi connectivity index (χ3n) is 4.84. The van der Waals surface area contributed by atoms with Crippen molar-refractivity contribution < 1.29 is 9.59 Å². The number of primary amides is 1. The molecule has 128 valence electrons. The fraction of sp³-hybridized carbons (Fsp3) is 0.263. The predicted octanol–water partition coefficient (Wildman–Crippen LogP) is 1.90. The summed E-state index contributed by atoms with van der Waals surface area (Å²) in [6.45, 7) is 1.86. The largest absolute Gasteiger partial charge is 0.366 e. The maximum atomic E-state index is 12.8. The lowest BCUT2D eigenvalue weighted by Gasteiger charge is -2.23. The van der Waals surface area contributed by atoms with Gasteiger partial charge in [0.2, 0.25) is 5.91 Å². The number of nitrogens with one attached hydrogen (secondary N) is 3. The monoisotopic (exact) mass is 336 g/mol. The number of benzene rings is 2. The standard InChI is InChI=1S/C19H20N4O2/c20-18(24)11-4-5-16-15(10-11)13-2-1-3-14(17(13)23-16)19(25)22-12-6-8-21-9-7-12/h1-5,10,12,21,23H,6-9H2,(H2,20,24)(H,22,25). The molecule has 0 atom stereocenters. The second-order valence-corrected chi connectivity index (χ2v) is 6.48. The molecular formula is C19H20N4O2. The summed E-state index contributed by atoms with van der Waals surface area (Å²) < 4.78 is 0. The number of H-pyrrole nitrogens is 1. The maximum Gasteiger partial charge on any atom is 0.253 e.